The van der Waals surface area contributed by atoms with Crippen LogP contribution in [0.3, 0.4) is 0 Å². The number of aliphatic hydroxyl groups is 1. The summed E-state index contributed by atoms with van der Waals surface area (Å²) >= 11 is 0. The van der Waals surface area contributed by atoms with Gasteiger partial charge in [0.25, 0.3) is 0 Å². The largest absolute Gasteiger partial charge is 0.493 e. The van der Waals surface area contributed by atoms with Crippen molar-refractivity contribution in [3.63, 3.8) is 0 Å². The molecule has 0 spiro atoms. The van der Waals surface area contributed by atoms with Crippen molar-refractivity contribution in [1.29, 1.82) is 0 Å². The third-order valence-corrected chi connectivity index (χ3v) is 3.14. The average Bonchev–Trinajstić information content (AvgIpc) is 2.45. The molecule has 1 aromatic carbocycles. The van der Waals surface area contributed by atoms with Crippen molar-refractivity contribution in [1.82, 2.24) is 0 Å². The zero-order valence-electron chi connectivity index (χ0n) is 10.7. The van der Waals surface area contributed by atoms with Gasteiger partial charge in [-0.25, -0.2) is 0 Å². The molecule has 100 valence electrons. The summed E-state index contributed by atoms with van der Waals surface area (Å²) in [4.78, 5) is 0. The van der Waals surface area contributed by atoms with E-state index in [4.69, 9.17) is 14.2 Å². The average molecular weight is 252 g/mol. The number of hydrogen-bond acceptors (Lipinski definition) is 4. The molecule has 4 heteroatoms. The van der Waals surface area contributed by atoms with Crippen LogP contribution < -0.4 is 9.47 Å². The van der Waals surface area contributed by atoms with Gasteiger partial charge in [-0.05, 0) is 25.3 Å². The summed E-state index contributed by atoms with van der Waals surface area (Å²) in [5, 5.41) is 9.31. The Balaban J connectivity index is 2.02. The highest BCUT2D eigenvalue weighted by atomic mass is 16.5. The maximum atomic E-state index is 9.31. The van der Waals surface area contributed by atoms with Crippen LogP contribution in [0.5, 0.6) is 11.5 Å². The number of methoxy groups -OCH3 is 1. The van der Waals surface area contributed by atoms with Crippen LogP contribution >= 0.6 is 0 Å². The first-order valence-electron chi connectivity index (χ1n) is 6.36. The van der Waals surface area contributed by atoms with Gasteiger partial charge in [0.1, 0.15) is 6.61 Å². The Labute approximate surface area is 107 Å². The third kappa shape index (κ3) is 3.15. The molecule has 1 atom stereocenters. The molecule has 1 unspecified atom stereocenters. The third-order valence-electron chi connectivity index (χ3n) is 3.14. The van der Waals surface area contributed by atoms with Crippen LogP contribution in [0.4, 0.5) is 0 Å². The summed E-state index contributed by atoms with van der Waals surface area (Å²) in [6, 6.07) is 5.50. The number of ether oxygens (including phenoxy) is 3. The minimum absolute atomic E-state index is 0.0575. The second kappa shape index (κ2) is 6.61. The van der Waals surface area contributed by atoms with E-state index in [1.165, 1.54) is 6.42 Å². The standard InChI is InChI=1S/C14H20O4/c1-16-13-7-4-5-11(9-15)14(13)18-10-12-6-2-3-8-17-12/h4-5,7,12,15H,2-3,6,8-10H2,1H3. The van der Waals surface area contributed by atoms with E-state index >= 15 is 0 Å². The first kappa shape index (κ1) is 13.2. The van der Waals surface area contributed by atoms with Gasteiger partial charge in [0.2, 0.25) is 0 Å². The Kier molecular flexibility index (Phi) is 4.84. The molecule has 0 aromatic heterocycles. The summed E-state index contributed by atoms with van der Waals surface area (Å²) in [5.41, 5.74) is 0.741. The van der Waals surface area contributed by atoms with Crippen LogP contribution in [-0.4, -0.2) is 31.5 Å². The number of aliphatic hydroxyl groups excluding tert-OH is 1. The molecule has 1 N–H and O–H groups in total. The molecule has 1 aromatic rings. The van der Waals surface area contributed by atoms with E-state index in [0.717, 1.165) is 25.0 Å². The molecule has 1 saturated heterocycles. The first-order valence-corrected chi connectivity index (χ1v) is 6.36. The molecule has 4 nitrogen and oxygen atoms in total. The highest BCUT2D eigenvalue weighted by Crippen LogP contribution is 2.31. The second-order valence-corrected chi connectivity index (χ2v) is 4.41. The molecule has 0 radical (unpaired) electrons. The van der Waals surface area contributed by atoms with Crippen LogP contribution in [0.2, 0.25) is 0 Å². The molecule has 2 rings (SSSR count). The van der Waals surface area contributed by atoms with Crippen LogP contribution in [-0.2, 0) is 11.3 Å². The number of rotatable bonds is 5. The number of hydrogen-bond donors (Lipinski definition) is 1. The normalized spacial score (nSPS) is 19.6. The van der Waals surface area contributed by atoms with Gasteiger partial charge in [0.15, 0.2) is 11.5 Å². The van der Waals surface area contributed by atoms with Crippen LogP contribution in [0, 0.1) is 0 Å². The van der Waals surface area contributed by atoms with E-state index in [9.17, 15) is 5.11 Å². The molecular formula is C14H20O4. The summed E-state index contributed by atoms with van der Waals surface area (Å²) in [6.07, 6.45) is 3.50. The fourth-order valence-electron chi connectivity index (χ4n) is 2.13. The van der Waals surface area contributed by atoms with Crippen LogP contribution in [0.15, 0.2) is 18.2 Å². The summed E-state index contributed by atoms with van der Waals surface area (Å²) < 4.78 is 16.6. The molecule has 1 heterocycles. The lowest BCUT2D eigenvalue weighted by atomic mass is 10.1. The Morgan fingerprint density at radius 2 is 2.28 bits per heavy atom. The van der Waals surface area contributed by atoms with Crippen molar-refractivity contribution in [2.24, 2.45) is 0 Å². The van der Waals surface area contributed by atoms with Gasteiger partial charge in [-0.3, -0.25) is 0 Å². The minimum Gasteiger partial charge on any atom is -0.493 e. The SMILES string of the molecule is COc1cccc(CO)c1OCC1CCCCO1. The lowest BCUT2D eigenvalue weighted by molar-refractivity contribution is -0.0118. The lowest BCUT2D eigenvalue weighted by Gasteiger charge is -2.23. The first-order chi connectivity index (χ1) is 8.85. The summed E-state index contributed by atoms with van der Waals surface area (Å²) in [5.74, 6) is 1.27. The van der Waals surface area contributed by atoms with Crippen LogP contribution in [0.25, 0.3) is 0 Å². The Morgan fingerprint density at radius 3 is 2.94 bits per heavy atom. The van der Waals surface area contributed by atoms with E-state index in [0.29, 0.717) is 18.1 Å². The minimum atomic E-state index is -0.0575. The maximum absolute atomic E-state index is 9.31. The van der Waals surface area contributed by atoms with Gasteiger partial charge in [-0.2, -0.15) is 0 Å². The van der Waals surface area contributed by atoms with E-state index in [2.05, 4.69) is 0 Å². The van der Waals surface area contributed by atoms with E-state index in [-0.39, 0.29) is 12.7 Å². The van der Waals surface area contributed by atoms with Crippen molar-refractivity contribution in [2.45, 2.75) is 32.0 Å². The van der Waals surface area contributed by atoms with Crippen molar-refractivity contribution < 1.29 is 19.3 Å². The quantitative estimate of drug-likeness (QED) is 0.872. The van der Waals surface area contributed by atoms with Gasteiger partial charge in [0, 0.05) is 12.2 Å². The lowest BCUT2D eigenvalue weighted by Crippen LogP contribution is -2.26. The maximum Gasteiger partial charge on any atom is 0.166 e. The molecule has 1 aliphatic heterocycles. The molecular weight excluding hydrogens is 232 g/mol. The summed E-state index contributed by atoms with van der Waals surface area (Å²) in [7, 11) is 1.60. The van der Waals surface area contributed by atoms with Crippen molar-refractivity contribution in [2.75, 3.05) is 20.3 Å². The molecule has 0 saturated carbocycles. The van der Waals surface area contributed by atoms with Gasteiger partial charge in [0.05, 0.1) is 19.8 Å². The Morgan fingerprint density at radius 1 is 1.39 bits per heavy atom. The number of benzene rings is 1. The Bertz CT molecular complexity index is 350. The zero-order valence-corrected chi connectivity index (χ0v) is 10.7. The second-order valence-electron chi connectivity index (χ2n) is 4.41. The molecule has 1 fully saturated rings. The molecule has 0 bridgehead atoms. The van der Waals surface area contributed by atoms with Crippen molar-refractivity contribution >= 4 is 0 Å². The molecule has 0 aliphatic carbocycles. The van der Waals surface area contributed by atoms with Gasteiger partial charge >= 0.3 is 0 Å². The van der Waals surface area contributed by atoms with Gasteiger partial charge in [-0.15, -0.1) is 0 Å². The molecule has 1 aliphatic rings. The van der Waals surface area contributed by atoms with Crippen molar-refractivity contribution in [3.8, 4) is 11.5 Å². The van der Waals surface area contributed by atoms with Crippen LogP contribution in [0.1, 0.15) is 24.8 Å². The van der Waals surface area contributed by atoms with Gasteiger partial charge < -0.3 is 19.3 Å². The highest BCUT2D eigenvalue weighted by molar-refractivity contribution is 5.46. The highest BCUT2D eigenvalue weighted by Gasteiger charge is 2.17. The fraction of sp³-hybridized carbons (Fsp3) is 0.571. The van der Waals surface area contributed by atoms with E-state index in [1.54, 1.807) is 7.11 Å². The summed E-state index contributed by atoms with van der Waals surface area (Å²) in [6.45, 7) is 1.26. The topological polar surface area (TPSA) is 47.9 Å². The fourth-order valence-corrected chi connectivity index (χ4v) is 2.13. The van der Waals surface area contributed by atoms with Gasteiger partial charge in [-0.1, -0.05) is 12.1 Å². The monoisotopic (exact) mass is 252 g/mol. The predicted molar refractivity (Wildman–Crippen MR) is 68.0 cm³/mol. The number of para-hydroxylation sites is 1. The van der Waals surface area contributed by atoms with E-state index in [1.807, 2.05) is 18.2 Å². The zero-order chi connectivity index (χ0) is 12.8. The molecule has 0 amide bonds. The van der Waals surface area contributed by atoms with Crippen molar-refractivity contribution in [3.05, 3.63) is 23.8 Å². The molecule has 18 heavy (non-hydrogen) atoms. The smallest absolute Gasteiger partial charge is 0.166 e. The van der Waals surface area contributed by atoms with E-state index < -0.39 is 0 Å². The Hall–Kier alpha value is -1.26. The predicted octanol–water partition coefficient (Wildman–Crippen LogP) is 2.14.